The first-order chi connectivity index (χ1) is 7.81. The number of nitrogens with zero attached hydrogens (tertiary/aromatic N) is 2. The topological polar surface area (TPSA) is 56.1 Å². The quantitative estimate of drug-likeness (QED) is 0.819. The maximum absolute atomic E-state index is 11.5. The fourth-order valence-corrected chi connectivity index (χ4v) is 2.31. The summed E-state index contributed by atoms with van der Waals surface area (Å²) in [5.74, 6) is -0.0421. The van der Waals surface area contributed by atoms with Crippen molar-refractivity contribution in [3.05, 3.63) is 18.7 Å². The van der Waals surface area contributed by atoms with Crippen molar-refractivity contribution < 1.29 is 9.53 Å². The van der Waals surface area contributed by atoms with E-state index >= 15 is 0 Å². The average molecular weight is 223 g/mol. The standard InChI is InChI=1S/C11H17N3O2/c1-16-7-11(15)13-9-3-2-4-10(9)14-6-5-12-8-14/h5-6,8-10H,2-4,7H2,1H3,(H,13,15)/t9-,10-/m1/s1. The Balaban J connectivity index is 1.96. The second-order valence-corrected chi connectivity index (χ2v) is 4.12. The number of carbonyl (C=O) groups excluding carboxylic acids is 1. The first-order valence-electron chi connectivity index (χ1n) is 5.57. The smallest absolute Gasteiger partial charge is 0.246 e. The van der Waals surface area contributed by atoms with Crippen LogP contribution in [0.5, 0.6) is 0 Å². The largest absolute Gasteiger partial charge is 0.375 e. The lowest BCUT2D eigenvalue weighted by atomic mass is 10.1. The van der Waals surface area contributed by atoms with Gasteiger partial charge in [0.1, 0.15) is 6.61 Å². The zero-order valence-corrected chi connectivity index (χ0v) is 9.43. The summed E-state index contributed by atoms with van der Waals surface area (Å²) in [6, 6.07) is 0.542. The first-order valence-corrected chi connectivity index (χ1v) is 5.57. The van der Waals surface area contributed by atoms with E-state index in [0.717, 1.165) is 19.3 Å². The Morgan fingerprint density at radius 2 is 2.50 bits per heavy atom. The van der Waals surface area contributed by atoms with Crippen molar-refractivity contribution in [2.75, 3.05) is 13.7 Å². The van der Waals surface area contributed by atoms with E-state index in [-0.39, 0.29) is 18.6 Å². The fraction of sp³-hybridized carbons (Fsp3) is 0.636. The van der Waals surface area contributed by atoms with Crippen molar-refractivity contribution in [3.63, 3.8) is 0 Å². The Labute approximate surface area is 94.8 Å². The Kier molecular flexibility index (Phi) is 3.56. The van der Waals surface area contributed by atoms with Crippen molar-refractivity contribution in [2.45, 2.75) is 31.3 Å². The second kappa shape index (κ2) is 5.12. The molecule has 0 unspecified atom stereocenters. The van der Waals surface area contributed by atoms with Crippen LogP contribution in [0.2, 0.25) is 0 Å². The number of nitrogens with one attached hydrogen (secondary N) is 1. The number of hydrogen-bond acceptors (Lipinski definition) is 3. The second-order valence-electron chi connectivity index (χ2n) is 4.12. The molecule has 1 aliphatic carbocycles. The van der Waals surface area contributed by atoms with E-state index < -0.39 is 0 Å². The van der Waals surface area contributed by atoms with Gasteiger partial charge in [0.2, 0.25) is 5.91 Å². The van der Waals surface area contributed by atoms with Gasteiger partial charge in [-0.3, -0.25) is 4.79 Å². The molecule has 5 nitrogen and oxygen atoms in total. The van der Waals surface area contributed by atoms with Crippen LogP contribution in [-0.2, 0) is 9.53 Å². The number of hydrogen-bond donors (Lipinski definition) is 1. The minimum atomic E-state index is -0.0421. The number of amides is 1. The Morgan fingerprint density at radius 3 is 3.19 bits per heavy atom. The molecular formula is C11H17N3O2. The zero-order chi connectivity index (χ0) is 11.4. The minimum Gasteiger partial charge on any atom is -0.375 e. The van der Waals surface area contributed by atoms with Crippen molar-refractivity contribution in [3.8, 4) is 0 Å². The summed E-state index contributed by atoms with van der Waals surface area (Å²) in [7, 11) is 1.53. The third-order valence-electron chi connectivity index (χ3n) is 3.01. The maximum Gasteiger partial charge on any atom is 0.246 e. The van der Waals surface area contributed by atoms with Crippen LogP contribution < -0.4 is 5.32 Å². The summed E-state index contributed by atoms with van der Waals surface area (Å²) in [4.78, 5) is 15.5. The third-order valence-corrected chi connectivity index (χ3v) is 3.01. The van der Waals surface area contributed by atoms with Crippen LogP contribution in [0.3, 0.4) is 0 Å². The van der Waals surface area contributed by atoms with Crippen LogP contribution in [-0.4, -0.2) is 35.2 Å². The number of aromatic nitrogens is 2. The molecule has 5 heteroatoms. The molecule has 88 valence electrons. The van der Waals surface area contributed by atoms with Gasteiger partial charge in [-0.15, -0.1) is 0 Å². The first kappa shape index (κ1) is 11.1. The Bertz CT molecular complexity index is 337. The van der Waals surface area contributed by atoms with Crippen LogP contribution in [0.25, 0.3) is 0 Å². The molecule has 16 heavy (non-hydrogen) atoms. The van der Waals surface area contributed by atoms with Gasteiger partial charge in [-0.2, -0.15) is 0 Å². The maximum atomic E-state index is 11.5. The van der Waals surface area contributed by atoms with Gasteiger partial charge in [-0.1, -0.05) is 0 Å². The van der Waals surface area contributed by atoms with Crippen LogP contribution >= 0.6 is 0 Å². The SMILES string of the molecule is COCC(=O)N[C@@H]1CCC[C@H]1n1ccnc1. The van der Waals surface area contributed by atoms with Gasteiger partial charge in [-0.05, 0) is 19.3 Å². The van der Waals surface area contributed by atoms with E-state index in [9.17, 15) is 4.79 Å². The lowest BCUT2D eigenvalue weighted by molar-refractivity contribution is -0.125. The number of ether oxygens (including phenoxy) is 1. The molecule has 0 saturated heterocycles. The summed E-state index contributed by atoms with van der Waals surface area (Å²) >= 11 is 0. The number of carbonyl (C=O) groups is 1. The molecule has 0 aliphatic heterocycles. The van der Waals surface area contributed by atoms with Gasteiger partial charge < -0.3 is 14.6 Å². The lowest BCUT2D eigenvalue weighted by Crippen LogP contribution is -2.39. The van der Waals surface area contributed by atoms with Crippen molar-refractivity contribution in [1.82, 2.24) is 14.9 Å². The highest BCUT2D eigenvalue weighted by Gasteiger charge is 2.29. The molecule has 1 fully saturated rings. The molecule has 0 bridgehead atoms. The molecule has 1 N–H and O–H groups in total. The zero-order valence-electron chi connectivity index (χ0n) is 9.43. The number of rotatable bonds is 4. The Morgan fingerprint density at radius 1 is 1.62 bits per heavy atom. The molecule has 1 aromatic rings. The van der Waals surface area contributed by atoms with Gasteiger partial charge in [-0.25, -0.2) is 4.98 Å². The Hall–Kier alpha value is -1.36. The van der Waals surface area contributed by atoms with E-state index in [0.29, 0.717) is 6.04 Å². The van der Waals surface area contributed by atoms with E-state index in [1.54, 1.807) is 6.20 Å². The minimum absolute atomic E-state index is 0.0421. The third kappa shape index (κ3) is 2.41. The van der Waals surface area contributed by atoms with Crippen molar-refractivity contribution in [2.24, 2.45) is 0 Å². The van der Waals surface area contributed by atoms with Gasteiger partial charge in [0.25, 0.3) is 0 Å². The van der Waals surface area contributed by atoms with Crippen LogP contribution in [0.1, 0.15) is 25.3 Å². The number of imidazole rings is 1. The lowest BCUT2D eigenvalue weighted by Gasteiger charge is -2.21. The van der Waals surface area contributed by atoms with Crippen LogP contribution in [0.4, 0.5) is 0 Å². The summed E-state index contributed by atoms with van der Waals surface area (Å²) in [5, 5.41) is 3.01. The molecule has 1 aromatic heterocycles. The predicted molar refractivity (Wildman–Crippen MR) is 58.9 cm³/mol. The molecule has 1 aliphatic rings. The van der Waals surface area contributed by atoms with Gasteiger partial charge in [0, 0.05) is 25.5 Å². The molecule has 2 rings (SSSR count). The molecule has 2 atom stereocenters. The molecule has 1 heterocycles. The summed E-state index contributed by atoms with van der Waals surface area (Å²) in [6.07, 6.45) is 8.79. The molecular weight excluding hydrogens is 206 g/mol. The monoisotopic (exact) mass is 223 g/mol. The highest BCUT2D eigenvalue weighted by Crippen LogP contribution is 2.29. The molecule has 0 spiro atoms. The van der Waals surface area contributed by atoms with E-state index in [1.165, 1.54) is 7.11 Å². The average Bonchev–Trinajstić information content (AvgIpc) is 2.86. The van der Waals surface area contributed by atoms with Gasteiger partial charge >= 0.3 is 0 Å². The predicted octanol–water partition coefficient (Wildman–Crippen LogP) is 0.739. The van der Waals surface area contributed by atoms with Crippen molar-refractivity contribution >= 4 is 5.91 Å². The molecule has 0 aromatic carbocycles. The van der Waals surface area contributed by atoms with Gasteiger partial charge in [0.15, 0.2) is 0 Å². The van der Waals surface area contributed by atoms with E-state index in [1.807, 2.05) is 12.5 Å². The van der Waals surface area contributed by atoms with Crippen LogP contribution in [0, 0.1) is 0 Å². The summed E-state index contributed by atoms with van der Waals surface area (Å²) in [6.45, 7) is 0.132. The normalized spacial score (nSPS) is 24.6. The summed E-state index contributed by atoms with van der Waals surface area (Å²) < 4.78 is 6.88. The van der Waals surface area contributed by atoms with E-state index in [2.05, 4.69) is 14.9 Å². The summed E-state index contributed by atoms with van der Waals surface area (Å²) in [5.41, 5.74) is 0. The van der Waals surface area contributed by atoms with Crippen molar-refractivity contribution in [1.29, 1.82) is 0 Å². The fourth-order valence-electron chi connectivity index (χ4n) is 2.31. The molecule has 1 saturated carbocycles. The number of methoxy groups -OCH3 is 1. The van der Waals surface area contributed by atoms with Gasteiger partial charge in [0.05, 0.1) is 12.4 Å². The van der Waals surface area contributed by atoms with Crippen LogP contribution in [0.15, 0.2) is 18.7 Å². The molecule has 1 amide bonds. The van der Waals surface area contributed by atoms with E-state index in [4.69, 9.17) is 4.74 Å². The molecule has 0 radical (unpaired) electrons. The highest BCUT2D eigenvalue weighted by atomic mass is 16.5. The highest BCUT2D eigenvalue weighted by molar-refractivity contribution is 5.77.